The van der Waals surface area contributed by atoms with Crippen LogP contribution in [0.4, 0.5) is 5.69 Å². The fraction of sp³-hybridized carbons (Fsp3) is 0.533. The first kappa shape index (κ1) is 12.9. The van der Waals surface area contributed by atoms with E-state index in [0.717, 1.165) is 12.2 Å². The van der Waals surface area contributed by atoms with Crippen molar-refractivity contribution in [3.05, 3.63) is 29.3 Å². The van der Waals surface area contributed by atoms with Crippen LogP contribution in [0.25, 0.3) is 0 Å². The third-order valence-corrected chi connectivity index (χ3v) is 4.30. The second kappa shape index (κ2) is 4.80. The maximum absolute atomic E-state index is 12.1. The molecule has 4 heteroatoms. The maximum atomic E-state index is 12.1. The molecule has 0 bridgehead atoms. The maximum Gasteiger partial charge on any atom is 0.241 e. The lowest BCUT2D eigenvalue weighted by Crippen LogP contribution is -2.36. The average Bonchev–Trinajstić information content (AvgIpc) is 2.97. The van der Waals surface area contributed by atoms with Crippen molar-refractivity contribution >= 4 is 23.2 Å². The summed E-state index contributed by atoms with van der Waals surface area (Å²) in [6, 6.07) is 6.13. The van der Waals surface area contributed by atoms with Gasteiger partial charge in [-0.05, 0) is 41.5 Å². The highest BCUT2D eigenvalue weighted by Crippen LogP contribution is 2.46. The van der Waals surface area contributed by atoms with E-state index in [1.54, 1.807) is 0 Å². The van der Waals surface area contributed by atoms with E-state index in [0.29, 0.717) is 13.2 Å². The highest BCUT2D eigenvalue weighted by molar-refractivity contribution is 6.29. The van der Waals surface area contributed by atoms with Gasteiger partial charge in [-0.25, -0.2) is 0 Å². The molecule has 0 spiro atoms. The van der Waals surface area contributed by atoms with Gasteiger partial charge in [0.2, 0.25) is 5.91 Å². The van der Waals surface area contributed by atoms with Crippen LogP contribution < -0.4 is 4.90 Å². The predicted molar refractivity (Wildman–Crippen MR) is 75.3 cm³/mol. The number of anilines is 1. The van der Waals surface area contributed by atoms with Crippen LogP contribution in [0.5, 0.6) is 0 Å². The molecule has 2 aliphatic rings. The SMILES string of the molecule is CC1(CN(C(=O)CCl)c2ccc3c(c2)COC3)CC1. The summed E-state index contributed by atoms with van der Waals surface area (Å²) in [5.74, 6) is 0.0117. The lowest BCUT2D eigenvalue weighted by molar-refractivity contribution is -0.116. The number of carbonyl (C=O) groups excluding carboxylic acids is 1. The Labute approximate surface area is 118 Å². The summed E-state index contributed by atoms with van der Waals surface area (Å²) in [5, 5.41) is 0. The van der Waals surface area contributed by atoms with Gasteiger partial charge in [-0.1, -0.05) is 13.0 Å². The van der Waals surface area contributed by atoms with E-state index in [1.165, 1.54) is 24.0 Å². The molecular weight excluding hydrogens is 262 g/mol. The molecule has 1 fully saturated rings. The van der Waals surface area contributed by atoms with Crippen LogP contribution in [-0.4, -0.2) is 18.3 Å². The third kappa shape index (κ3) is 2.63. The van der Waals surface area contributed by atoms with Crippen LogP contribution in [0.3, 0.4) is 0 Å². The first-order valence-electron chi connectivity index (χ1n) is 6.67. The molecule has 0 radical (unpaired) electrons. The van der Waals surface area contributed by atoms with E-state index in [2.05, 4.69) is 19.1 Å². The molecule has 1 heterocycles. The first-order chi connectivity index (χ1) is 9.11. The third-order valence-electron chi connectivity index (χ3n) is 4.08. The van der Waals surface area contributed by atoms with Gasteiger partial charge in [0.15, 0.2) is 0 Å². The normalized spacial score (nSPS) is 19.1. The molecule has 1 aromatic rings. The number of rotatable bonds is 4. The lowest BCUT2D eigenvalue weighted by atomic mass is 10.1. The number of alkyl halides is 1. The highest BCUT2D eigenvalue weighted by atomic mass is 35.5. The number of carbonyl (C=O) groups is 1. The van der Waals surface area contributed by atoms with E-state index in [4.69, 9.17) is 16.3 Å². The molecule has 1 aliphatic carbocycles. The number of ether oxygens (including phenoxy) is 1. The Morgan fingerprint density at radius 1 is 1.37 bits per heavy atom. The van der Waals surface area contributed by atoms with Gasteiger partial charge in [0.25, 0.3) is 0 Å². The van der Waals surface area contributed by atoms with E-state index in [1.807, 2.05) is 11.0 Å². The highest BCUT2D eigenvalue weighted by Gasteiger charge is 2.40. The summed E-state index contributed by atoms with van der Waals surface area (Å²) >= 11 is 5.75. The van der Waals surface area contributed by atoms with Crippen LogP contribution in [0.1, 0.15) is 30.9 Å². The molecular formula is C15H18ClNO2. The van der Waals surface area contributed by atoms with Crippen molar-refractivity contribution in [3.8, 4) is 0 Å². The Balaban J connectivity index is 1.88. The summed E-state index contributed by atoms with van der Waals surface area (Å²) in [6.45, 7) is 4.30. The fourth-order valence-electron chi connectivity index (χ4n) is 2.48. The van der Waals surface area contributed by atoms with E-state index < -0.39 is 0 Å². The topological polar surface area (TPSA) is 29.5 Å². The fourth-order valence-corrected chi connectivity index (χ4v) is 2.62. The van der Waals surface area contributed by atoms with Crippen molar-refractivity contribution < 1.29 is 9.53 Å². The molecule has 0 unspecified atom stereocenters. The molecule has 0 aromatic heterocycles. The van der Waals surface area contributed by atoms with E-state index in [-0.39, 0.29) is 17.2 Å². The van der Waals surface area contributed by atoms with Crippen molar-refractivity contribution in [1.82, 2.24) is 0 Å². The number of hydrogen-bond acceptors (Lipinski definition) is 2. The van der Waals surface area contributed by atoms with Gasteiger partial charge in [-0.3, -0.25) is 4.79 Å². The summed E-state index contributed by atoms with van der Waals surface area (Å²) in [4.78, 5) is 13.9. The van der Waals surface area contributed by atoms with Crippen LogP contribution in [0, 0.1) is 5.41 Å². The van der Waals surface area contributed by atoms with Crippen molar-refractivity contribution in [3.63, 3.8) is 0 Å². The molecule has 1 amide bonds. The van der Waals surface area contributed by atoms with Crippen LogP contribution in [-0.2, 0) is 22.7 Å². The molecule has 3 rings (SSSR count). The van der Waals surface area contributed by atoms with Crippen molar-refractivity contribution in [2.45, 2.75) is 33.0 Å². The van der Waals surface area contributed by atoms with Gasteiger partial charge in [0, 0.05) is 12.2 Å². The van der Waals surface area contributed by atoms with Crippen molar-refractivity contribution in [1.29, 1.82) is 0 Å². The second-order valence-corrected chi connectivity index (χ2v) is 6.14. The minimum atomic E-state index is -0.0198. The molecule has 0 saturated heterocycles. The largest absolute Gasteiger partial charge is 0.372 e. The van der Waals surface area contributed by atoms with Gasteiger partial charge in [-0.2, -0.15) is 0 Å². The number of benzene rings is 1. The van der Waals surface area contributed by atoms with Crippen molar-refractivity contribution in [2.24, 2.45) is 5.41 Å². The average molecular weight is 280 g/mol. The van der Waals surface area contributed by atoms with Gasteiger partial charge in [-0.15, -0.1) is 11.6 Å². The summed E-state index contributed by atoms with van der Waals surface area (Å²) < 4.78 is 5.42. The molecule has 0 atom stereocenters. The van der Waals surface area contributed by atoms with E-state index >= 15 is 0 Å². The summed E-state index contributed by atoms with van der Waals surface area (Å²) in [6.07, 6.45) is 2.38. The summed E-state index contributed by atoms with van der Waals surface area (Å²) in [7, 11) is 0. The Morgan fingerprint density at radius 2 is 2.11 bits per heavy atom. The number of amides is 1. The molecule has 1 aromatic carbocycles. The van der Waals surface area contributed by atoms with Gasteiger partial charge in [0.05, 0.1) is 13.2 Å². The molecule has 19 heavy (non-hydrogen) atoms. The summed E-state index contributed by atoms with van der Waals surface area (Å²) in [5.41, 5.74) is 3.63. The smallest absolute Gasteiger partial charge is 0.241 e. The monoisotopic (exact) mass is 279 g/mol. The van der Waals surface area contributed by atoms with Crippen LogP contribution in [0.15, 0.2) is 18.2 Å². The molecule has 0 N–H and O–H groups in total. The second-order valence-electron chi connectivity index (χ2n) is 5.87. The minimum Gasteiger partial charge on any atom is -0.372 e. The quantitative estimate of drug-likeness (QED) is 0.793. The Kier molecular flexibility index (Phi) is 3.27. The number of halogens is 1. The first-order valence-corrected chi connectivity index (χ1v) is 7.21. The molecule has 1 aliphatic heterocycles. The number of hydrogen-bond donors (Lipinski definition) is 0. The molecule has 102 valence electrons. The van der Waals surface area contributed by atoms with Crippen LogP contribution >= 0.6 is 11.6 Å². The van der Waals surface area contributed by atoms with E-state index in [9.17, 15) is 4.79 Å². The zero-order valence-corrected chi connectivity index (χ0v) is 11.9. The van der Waals surface area contributed by atoms with Gasteiger partial charge in [0.1, 0.15) is 5.88 Å². The van der Waals surface area contributed by atoms with Crippen LogP contribution in [0.2, 0.25) is 0 Å². The Morgan fingerprint density at radius 3 is 2.79 bits per heavy atom. The minimum absolute atomic E-state index is 0.0198. The van der Waals surface area contributed by atoms with Gasteiger partial charge < -0.3 is 9.64 Å². The Hall–Kier alpha value is -1.06. The molecule has 1 saturated carbocycles. The zero-order chi connectivity index (χ0) is 13.5. The standard InChI is InChI=1S/C15H18ClNO2/c1-15(4-5-15)10-17(14(18)7-16)13-3-2-11-8-19-9-12(11)6-13/h2-3,6H,4-5,7-10H2,1H3. The van der Waals surface area contributed by atoms with Crippen molar-refractivity contribution in [2.75, 3.05) is 17.3 Å². The zero-order valence-electron chi connectivity index (χ0n) is 11.1. The Bertz CT molecular complexity index is 511. The number of nitrogens with zero attached hydrogens (tertiary/aromatic N) is 1. The van der Waals surface area contributed by atoms with Gasteiger partial charge >= 0.3 is 0 Å². The lowest BCUT2D eigenvalue weighted by Gasteiger charge is -2.25. The predicted octanol–water partition coefficient (Wildman–Crippen LogP) is 3.09. The number of fused-ring (bicyclic) bond motifs is 1. The molecule has 3 nitrogen and oxygen atoms in total.